The summed E-state index contributed by atoms with van der Waals surface area (Å²) in [5.74, 6) is -1.50. The van der Waals surface area contributed by atoms with Crippen molar-refractivity contribution in [2.75, 3.05) is 0 Å². The molecule has 0 saturated heterocycles. The van der Waals surface area contributed by atoms with E-state index in [-0.39, 0.29) is 0 Å². The van der Waals surface area contributed by atoms with Crippen LogP contribution < -0.4 is 5.32 Å². The number of hydrogen-bond acceptors (Lipinski definition) is 2. The van der Waals surface area contributed by atoms with E-state index >= 15 is 0 Å². The van der Waals surface area contributed by atoms with Gasteiger partial charge in [-0.3, -0.25) is 9.59 Å². The monoisotopic (exact) mass is 258 g/mol. The summed E-state index contributed by atoms with van der Waals surface area (Å²) < 4.78 is 1.71. The molecule has 2 N–H and O–H groups in total. The number of carboxylic acids is 1. The third-order valence-electron chi connectivity index (χ3n) is 2.28. The summed E-state index contributed by atoms with van der Waals surface area (Å²) in [5, 5.41) is 11.6. The van der Waals surface area contributed by atoms with E-state index in [1.165, 1.54) is 13.0 Å². The van der Waals surface area contributed by atoms with Gasteiger partial charge in [0.05, 0.1) is 5.02 Å². The van der Waals surface area contributed by atoms with Crippen LogP contribution in [0.4, 0.5) is 0 Å². The van der Waals surface area contributed by atoms with Gasteiger partial charge in [-0.25, -0.2) is 0 Å². The van der Waals surface area contributed by atoms with Crippen molar-refractivity contribution in [2.45, 2.75) is 32.9 Å². The van der Waals surface area contributed by atoms with Crippen LogP contribution in [0.1, 0.15) is 30.8 Å². The van der Waals surface area contributed by atoms with Crippen molar-refractivity contribution in [2.24, 2.45) is 0 Å². The zero-order chi connectivity index (χ0) is 13.0. The number of nitrogens with one attached hydrogen (secondary N) is 1. The molecule has 0 radical (unpaired) electrons. The maximum Gasteiger partial charge on any atom is 0.325 e. The Morgan fingerprint density at radius 3 is 2.76 bits per heavy atom. The first-order valence-corrected chi connectivity index (χ1v) is 5.72. The lowest BCUT2D eigenvalue weighted by Gasteiger charge is -2.11. The van der Waals surface area contributed by atoms with Crippen LogP contribution >= 0.6 is 11.6 Å². The number of halogens is 1. The van der Waals surface area contributed by atoms with Crippen LogP contribution in [-0.4, -0.2) is 27.6 Å². The second kappa shape index (κ2) is 5.72. The summed E-state index contributed by atoms with van der Waals surface area (Å²) in [7, 11) is 0. The summed E-state index contributed by atoms with van der Waals surface area (Å²) in [6, 6.07) is 0.604. The fourth-order valence-electron chi connectivity index (χ4n) is 1.42. The van der Waals surface area contributed by atoms with E-state index in [4.69, 9.17) is 16.7 Å². The van der Waals surface area contributed by atoms with E-state index in [9.17, 15) is 9.59 Å². The van der Waals surface area contributed by atoms with Crippen molar-refractivity contribution in [3.8, 4) is 0 Å². The van der Waals surface area contributed by atoms with Gasteiger partial charge in [-0.2, -0.15) is 0 Å². The quantitative estimate of drug-likeness (QED) is 0.845. The first-order valence-electron chi connectivity index (χ1n) is 5.35. The third kappa shape index (κ3) is 3.49. The number of amides is 1. The van der Waals surface area contributed by atoms with Crippen molar-refractivity contribution in [1.82, 2.24) is 9.88 Å². The molecule has 1 aromatic heterocycles. The van der Waals surface area contributed by atoms with Gasteiger partial charge in [-0.05, 0) is 19.4 Å². The molecule has 1 atom stereocenters. The predicted molar refractivity (Wildman–Crippen MR) is 64.3 cm³/mol. The number of aliphatic carboxylic acids is 1. The van der Waals surface area contributed by atoms with Gasteiger partial charge >= 0.3 is 5.97 Å². The summed E-state index contributed by atoms with van der Waals surface area (Å²) in [4.78, 5) is 22.4. The maximum absolute atomic E-state index is 11.8. The molecule has 5 nitrogen and oxygen atoms in total. The fraction of sp³-hybridized carbons (Fsp3) is 0.455. The minimum Gasteiger partial charge on any atom is -0.480 e. The molecule has 0 fully saturated rings. The topological polar surface area (TPSA) is 71.3 Å². The SMILES string of the molecule is CCCn1cc(Cl)cc1C(=O)N[C@H](C)C(=O)O. The first kappa shape index (κ1) is 13.6. The van der Waals surface area contributed by atoms with E-state index in [0.29, 0.717) is 17.3 Å². The molecule has 0 aromatic carbocycles. The maximum atomic E-state index is 11.8. The van der Waals surface area contributed by atoms with Crippen molar-refractivity contribution in [1.29, 1.82) is 0 Å². The molecule has 0 aliphatic rings. The number of nitrogens with zero attached hydrogens (tertiary/aromatic N) is 1. The Morgan fingerprint density at radius 2 is 2.24 bits per heavy atom. The molecule has 94 valence electrons. The Balaban J connectivity index is 2.84. The lowest BCUT2D eigenvalue weighted by Crippen LogP contribution is -2.39. The van der Waals surface area contributed by atoms with E-state index in [1.54, 1.807) is 10.8 Å². The Bertz CT molecular complexity index is 428. The number of carbonyl (C=O) groups excluding carboxylic acids is 1. The van der Waals surface area contributed by atoms with Crippen molar-refractivity contribution < 1.29 is 14.7 Å². The fourth-order valence-corrected chi connectivity index (χ4v) is 1.64. The molecule has 0 unspecified atom stereocenters. The zero-order valence-electron chi connectivity index (χ0n) is 9.74. The lowest BCUT2D eigenvalue weighted by molar-refractivity contribution is -0.138. The van der Waals surface area contributed by atoms with E-state index in [0.717, 1.165) is 6.42 Å². The number of carbonyl (C=O) groups is 2. The normalized spacial score (nSPS) is 12.2. The van der Waals surface area contributed by atoms with Gasteiger partial charge in [0.2, 0.25) is 0 Å². The number of hydrogen-bond donors (Lipinski definition) is 2. The smallest absolute Gasteiger partial charge is 0.325 e. The predicted octanol–water partition coefficient (Wildman–Crippen LogP) is 1.75. The number of aromatic nitrogens is 1. The molecule has 1 rings (SSSR count). The van der Waals surface area contributed by atoms with Gasteiger partial charge in [0.1, 0.15) is 11.7 Å². The Hall–Kier alpha value is -1.49. The average molecular weight is 259 g/mol. The Kier molecular flexibility index (Phi) is 4.57. The molecule has 6 heteroatoms. The van der Waals surface area contributed by atoms with Crippen LogP contribution in [0.5, 0.6) is 0 Å². The molecule has 0 saturated carbocycles. The second-order valence-corrected chi connectivity index (χ2v) is 4.21. The summed E-state index contributed by atoms with van der Waals surface area (Å²) >= 11 is 5.83. The summed E-state index contributed by atoms with van der Waals surface area (Å²) in [6.45, 7) is 4.06. The molecule has 0 aliphatic carbocycles. The van der Waals surface area contributed by atoms with Crippen LogP contribution in [0.3, 0.4) is 0 Å². The molecule has 0 spiro atoms. The molecule has 1 heterocycles. The van der Waals surface area contributed by atoms with E-state index in [2.05, 4.69) is 5.32 Å². The molecule has 0 bridgehead atoms. The summed E-state index contributed by atoms with van der Waals surface area (Å²) in [6.07, 6.45) is 2.52. The van der Waals surface area contributed by atoms with Gasteiger partial charge in [-0.15, -0.1) is 0 Å². The largest absolute Gasteiger partial charge is 0.480 e. The average Bonchev–Trinajstić information content (AvgIpc) is 2.60. The van der Waals surface area contributed by atoms with Crippen LogP contribution in [-0.2, 0) is 11.3 Å². The van der Waals surface area contributed by atoms with Gasteiger partial charge in [-0.1, -0.05) is 18.5 Å². The van der Waals surface area contributed by atoms with Gasteiger partial charge in [0, 0.05) is 12.7 Å². The Morgan fingerprint density at radius 1 is 1.59 bits per heavy atom. The molecular formula is C11H15ClN2O3. The van der Waals surface area contributed by atoms with Crippen LogP contribution in [0.25, 0.3) is 0 Å². The highest BCUT2D eigenvalue weighted by Crippen LogP contribution is 2.14. The highest BCUT2D eigenvalue weighted by Gasteiger charge is 2.18. The first-order chi connectivity index (χ1) is 7.95. The highest BCUT2D eigenvalue weighted by atomic mass is 35.5. The lowest BCUT2D eigenvalue weighted by atomic mass is 10.3. The number of rotatable bonds is 5. The second-order valence-electron chi connectivity index (χ2n) is 3.77. The molecule has 1 aromatic rings. The van der Waals surface area contributed by atoms with Crippen molar-refractivity contribution >= 4 is 23.5 Å². The standard InChI is InChI=1S/C11H15ClN2O3/c1-3-4-14-6-8(12)5-9(14)10(15)13-7(2)11(16)17/h5-7H,3-4H2,1-2H3,(H,13,15)(H,16,17)/t7-/m1/s1. The minimum atomic E-state index is -1.07. The van der Waals surface area contributed by atoms with Gasteiger partial charge in [0.25, 0.3) is 5.91 Å². The van der Waals surface area contributed by atoms with E-state index < -0.39 is 17.9 Å². The summed E-state index contributed by atoms with van der Waals surface area (Å²) in [5.41, 5.74) is 0.380. The number of carboxylic acid groups (broad SMARTS) is 1. The van der Waals surface area contributed by atoms with Crippen molar-refractivity contribution in [3.05, 3.63) is 23.0 Å². The highest BCUT2D eigenvalue weighted by molar-refractivity contribution is 6.31. The van der Waals surface area contributed by atoms with Crippen LogP contribution in [0.15, 0.2) is 12.3 Å². The minimum absolute atomic E-state index is 0.380. The third-order valence-corrected chi connectivity index (χ3v) is 2.49. The Labute approximate surface area is 104 Å². The van der Waals surface area contributed by atoms with Crippen LogP contribution in [0, 0.1) is 0 Å². The van der Waals surface area contributed by atoms with Gasteiger partial charge < -0.3 is 15.0 Å². The zero-order valence-corrected chi connectivity index (χ0v) is 10.5. The van der Waals surface area contributed by atoms with E-state index in [1.807, 2.05) is 6.92 Å². The van der Waals surface area contributed by atoms with Crippen LogP contribution in [0.2, 0.25) is 5.02 Å². The number of aryl methyl sites for hydroxylation is 1. The van der Waals surface area contributed by atoms with Crippen molar-refractivity contribution in [3.63, 3.8) is 0 Å². The molecule has 0 aliphatic heterocycles. The molecule has 17 heavy (non-hydrogen) atoms. The molecule has 1 amide bonds. The van der Waals surface area contributed by atoms with Gasteiger partial charge in [0.15, 0.2) is 0 Å². The molecular weight excluding hydrogens is 244 g/mol.